The predicted octanol–water partition coefficient (Wildman–Crippen LogP) is 3.63. The molecule has 1 heterocycles. The molecule has 0 aliphatic heterocycles. The molecule has 2 amide bonds. The van der Waals surface area contributed by atoms with Crippen LogP contribution in [0.25, 0.3) is 6.08 Å². The van der Waals surface area contributed by atoms with Crippen LogP contribution >= 0.6 is 0 Å². The third-order valence-corrected chi connectivity index (χ3v) is 5.71. The van der Waals surface area contributed by atoms with Gasteiger partial charge in [0.2, 0.25) is 10.0 Å². The van der Waals surface area contributed by atoms with Crippen molar-refractivity contribution in [3.8, 4) is 0 Å². The Morgan fingerprint density at radius 1 is 0.970 bits per heavy atom. The van der Waals surface area contributed by atoms with Crippen molar-refractivity contribution in [1.29, 1.82) is 0 Å². The zero-order chi connectivity index (χ0) is 24.2. The summed E-state index contributed by atoms with van der Waals surface area (Å²) in [4.78, 5) is 25.6. The molecule has 0 radical (unpaired) electrons. The molecule has 0 fully saturated rings. The fourth-order valence-electron chi connectivity index (χ4n) is 2.92. The summed E-state index contributed by atoms with van der Waals surface area (Å²) < 4.78 is 28.1. The number of anilines is 1. The van der Waals surface area contributed by atoms with Gasteiger partial charge in [-0.25, -0.2) is 13.6 Å². The lowest BCUT2D eigenvalue weighted by Crippen LogP contribution is -2.30. The van der Waals surface area contributed by atoms with E-state index in [4.69, 9.17) is 9.56 Å². The predicted molar refractivity (Wildman–Crippen MR) is 126 cm³/mol. The van der Waals surface area contributed by atoms with Crippen LogP contribution in [0.5, 0.6) is 0 Å². The van der Waals surface area contributed by atoms with Crippen molar-refractivity contribution >= 4 is 33.6 Å². The molecule has 0 spiro atoms. The molecule has 172 valence electrons. The summed E-state index contributed by atoms with van der Waals surface area (Å²) in [5.74, 6) is -0.712. The first-order valence-electron chi connectivity index (χ1n) is 10.0. The Kier molecular flexibility index (Phi) is 6.85. The zero-order valence-electron chi connectivity index (χ0n) is 18.5. The number of carbonyl (C=O) groups excluding carboxylic acids is 2. The molecule has 0 bridgehead atoms. The zero-order valence-corrected chi connectivity index (χ0v) is 19.3. The van der Waals surface area contributed by atoms with Gasteiger partial charge in [-0.15, -0.1) is 0 Å². The minimum Gasteiger partial charge on any atom is -0.465 e. The van der Waals surface area contributed by atoms with Gasteiger partial charge in [0.15, 0.2) is 0 Å². The molecule has 4 N–H and O–H groups in total. The summed E-state index contributed by atoms with van der Waals surface area (Å²) in [7, 11) is -3.85. The Bertz CT molecular complexity index is 1270. The summed E-state index contributed by atoms with van der Waals surface area (Å²) in [6.45, 7) is 6.23. The molecule has 2 aromatic carbocycles. The highest BCUT2D eigenvalue weighted by molar-refractivity contribution is 7.89. The van der Waals surface area contributed by atoms with Crippen LogP contribution in [0.15, 0.2) is 81.9 Å². The van der Waals surface area contributed by atoms with Gasteiger partial charge in [0.1, 0.15) is 11.5 Å². The molecule has 0 atom stereocenters. The quantitative estimate of drug-likeness (QED) is 0.476. The van der Waals surface area contributed by atoms with E-state index in [-0.39, 0.29) is 16.0 Å². The normalized spacial score (nSPS) is 12.3. The fourth-order valence-corrected chi connectivity index (χ4v) is 3.43. The number of carbonyl (C=O) groups is 2. The molecule has 0 unspecified atom stereocenters. The number of hydrogen-bond acceptors (Lipinski definition) is 5. The van der Waals surface area contributed by atoms with E-state index in [2.05, 4.69) is 31.4 Å². The van der Waals surface area contributed by atoms with Gasteiger partial charge in [0, 0.05) is 17.3 Å². The lowest BCUT2D eigenvalue weighted by molar-refractivity contribution is -0.113. The first kappa shape index (κ1) is 24.0. The summed E-state index contributed by atoms with van der Waals surface area (Å²) in [5, 5.41) is 10.3. The van der Waals surface area contributed by atoms with E-state index in [0.29, 0.717) is 17.0 Å². The summed E-state index contributed by atoms with van der Waals surface area (Å²) in [6, 6.07) is 15.8. The maximum absolute atomic E-state index is 12.9. The van der Waals surface area contributed by atoms with Crippen LogP contribution in [0.3, 0.4) is 0 Å². The molecule has 0 saturated carbocycles. The highest BCUT2D eigenvalue weighted by Gasteiger charge is 2.18. The molecule has 0 aliphatic carbocycles. The molecule has 3 aromatic rings. The molecule has 0 aliphatic rings. The van der Waals surface area contributed by atoms with Crippen molar-refractivity contribution in [2.45, 2.75) is 31.1 Å². The van der Waals surface area contributed by atoms with E-state index in [1.807, 2.05) is 12.1 Å². The van der Waals surface area contributed by atoms with Crippen molar-refractivity contribution < 1.29 is 22.4 Å². The van der Waals surface area contributed by atoms with Gasteiger partial charge >= 0.3 is 0 Å². The SMILES string of the molecule is CC(C)(C)c1ccc(C(=O)N/C(=C/c2ccco2)C(=O)Nc2ccc(S(N)(=O)=O)cc2)cc1. The van der Waals surface area contributed by atoms with Crippen molar-refractivity contribution in [2.24, 2.45) is 5.14 Å². The second-order valence-corrected chi connectivity index (χ2v) is 9.94. The van der Waals surface area contributed by atoms with Gasteiger partial charge in [-0.1, -0.05) is 32.9 Å². The minimum absolute atomic E-state index is 0.0506. The van der Waals surface area contributed by atoms with Crippen LogP contribution in [-0.4, -0.2) is 20.2 Å². The second-order valence-electron chi connectivity index (χ2n) is 8.38. The smallest absolute Gasteiger partial charge is 0.272 e. The number of benzene rings is 2. The second kappa shape index (κ2) is 9.43. The highest BCUT2D eigenvalue weighted by Crippen LogP contribution is 2.22. The third kappa shape index (κ3) is 6.41. The fraction of sp³-hybridized carbons (Fsp3) is 0.167. The van der Waals surface area contributed by atoms with Gasteiger partial charge in [-0.3, -0.25) is 9.59 Å². The number of nitrogens with one attached hydrogen (secondary N) is 2. The first-order valence-corrected chi connectivity index (χ1v) is 11.6. The molecular formula is C24H25N3O5S. The van der Waals surface area contributed by atoms with Gasteiger partial charge in [0.25, 0.3) is 11.8 Å². The average molecular weight is 468 g/mol. The molecule has 1 aromatic heterocycles. The van der Waals surface area contributed by atoms with E-state index < -0.39 is 21.8 Å². The number of amides is 2. The maximum atomic E-state index is 12.9. The third-order valence-electron chi connectivity index (χ3n) is 4.78. The Balaban J connectivity index is 1.81. The summed E-state index contributed by atoms with van der Waals surface area (Å²) >= 11 is 0. The molecular weight excluding hydrogens is 442 g/mol. The number of hydrogen-bond donors (Lipinski definition) is 3. The number of furan rings is 1. The van der Waals surface area contributed by atoms with Crippen molar-refractivity contribution in [3.63, 3.8) is 0 Å². The Morgan fingerprint density at radius 3 is 2.12 bits per heavy atom. The van der Waals surface area contributed by atoms with Crippen LogP contribution in [0, 0.1) is 0 Å². The Hall–Kier alpha value is -3.69. The first-order chi connectivity index (χ1) is 15.4. The van der Waals surface area contributed by atoms with Crippen molar-refractivity contribution in [3.05, 3.63) is 89.5 Å². The van der Waals surface area contributed by atoms with Crippen LogP contribution in [0.2, 0.25) is 0 Å². The number of nitrogens with two attached hydrogens (primary N) is 1. The van der Waals surface area contributed by atoms with E-state index in [9.17, 15) is 18.0 Å². The average Bonchev–Trinajstić information content (AvgIpc) is 3.25. The molecule has 8 nitrogen and oxygen atoms in total. The van der Waals surface area contributed by atoms with E-state index in [1.54, 1.807) is 24.3 Å². The monoisotopic (exact) mass is 467 g/mol. The number of rotatable bonds is 6. The summed E-state index contributed by atoms with van der Waals surface area (Å²) in [6.07, 6.45) is 2.84. The van der Waals surface area contributed by atoms with Crippen LogP contribution < -0.4 is 15.8 Å². The van der Waals surface area contributed by atoms with Gasteiger partial charge < -0.3 is 15.1 Å². The number of sulfonamides is 1. The van der Waals surface area contributed by atoms with Gasteiger partial charge in [-0.05, 0) is 59.5 Å². The van der Waals surface area contributed by atoms with Gasteiger partial charge in [0.05, 0.1) is 11.2 Å². The number of primary sulfonamides is 1. The minimum atomic E-state index is -3.85. The van der Waals surface area contributed by atoms with Gasteiger partial charge in [-0.2, -0.15) is 0 Å². The van der Waals surface area contributed by atoms with Crippen LogP contribution in [0.1, 0.15) is 42.5 Å². The maximum Gasteiger partial charge on any atom is 0.272 e. The van der Waals surface area contributed by atoms with Crippen molar-refractivity contribution in [2.75, 3.05) is 5.32 Å². The standard InChI is InChI=1S/C24H25N3O5S/c1-24(2,3)17-8-6-16(7-9-17)22(28)27-21(15-19-5-4-14-32-19)23(29)26-18-10-12-20(13-11-18)33(25,30)31/h4-15H,1-3H3,(H,26,29)(H,27,28)(H2,25,30,31)/b21-15+. The van der Waals surface area contributed by atoms with Crippen LogP contribution in [0.4, 0.5) is 5.69 Å². The Labute approximate surface area is 192 Å². The molecule has 9 heteroatoms. The Morgan fingerprint density at radius 2 is 1.61 bits per heavy atom. The van der Waals surface area contributed by atoms with Crippen LogP contribution in [-0.2, 0) is 20.2 Å². The lowest BCUT2D eigenvalue weighted by atomic mass is 9.87. The summed E-state index contributed by atoms with van der Waals surface area (Å²) in [5.41, 5.74) is 1.68. The van der Waals surface area contributed by atoms with E-state index >= 15 is 0 Å². The van der Waals surface area contributed by atoms with E-state index in [1.165, 1.54) is 36.6 Å². The highest BCUT2D eigenvalue weighted by atomic mass is 32.2. The van der Waals surface area contributed by atoms with Crippen molar-refractivity contribution in [1.82, 2.24) is 5.32 Å². The van der Waals surface area contributed by atoms with E-state index in [0.717, 1.165) is 5.56 Å². The lowest BCUT2D eigenvalue weighted by Gasteiger charge is -2.19. The molecule has 33 heavy (non-hydrogen) atoms. The largest absolute Gasteiger partial charge is 0.465 e. The molecule has 0 saturated heterocycles. The molecule has 3 rings (SSSR count). The topological polar surface area (TPSA) is 132 Å².